The van der Waals surface area contributed by atoms with E-state index in [0.29, 0.717) is 46.3 Å². The van der Waals surface area contributed by atoms with Gasteiger partial charge in [0.2, 0.25) is 0 Å². The second-order valence-corrected chi connectivity index (χ2v) is 8.37. The van der Waals surface area contributed by atoms with E-state index in [4.69, 9.17) is 44.3 Å². The van der Waals surface area contributed by atoms with Crippen LogP contribution in [0.4, 0.5) is 5.69 Å². The second-order valence-electron chi connectivity index (χ2n) is 6.23. The Balaban J connectivity index is 1.75. The van der Waals surface area contributed by atoms with E-state index in [9.17, 15) is 0 Å². The standard InChI is InChI=1S/C22H19BrCl3NO2/c1-2-28-21-10-15(12-27-20-8-7-17(25)11-19(20)26)9-18(23)22(21)29-13-14-3-5-16(24)6-4-14/h3-11,27H,2,12-13H2,1H3. The molecular weight excluding hydrogens is 497 g/mol. The minimum absolute atomic E-state index is 0.411. The maximum Gasteiger partial charge on any atom is 0.175 e. The number of hydrogen-bond donors (Lipinski definition) is 1. The first-order valence-corrected chi connectivity index (χ1v) is 10.9. The molecule has 0 atom stereocenters. The van der Waals surface area contributed by atoms with Crippen LogP contribution in [0, 0.1) is 0 Å². The monoisotopic (exact) mass is 513 g/mol. The predicted molar refractivity (Wildman–Crippen MR) is 125 cm³/mol. The molecule has 1 N–H and O–H groups in total. The Morgan fingerprint density at radius 3 is 2.28 bits per heavy atom. The van der Waals surface area contributed by atoms with Crippen LogP contribution < -0.4 is 14.8 Å². The molecule has 0 aliphatic rings. The summed E-state index contributed by atoms with van der Waals surface area (Å²) in [5, 5.41) is 5.19. The highest BCUT2D eigenvalue weighted by Gasteiger charge is 2.13. The van der Waals surface area contributed by atoms with Crippen LogP contribution in [-0.4, -0.2) is 6.61 Å². The van der Waals surface area contributed by atoms with Gasteiger partial charge in [0.05, 0.1) is 21.8 Å². The predicted octanol–water partition coefficient (Wildman–Crippen LogP) is 8.00. The summed E-state index contributed by atoms with van der Waals surface area (Å²) < 4.78 is 12.7. The molecule has 0 radical (unpaired) electrons. The summed E-state index contributed by atoms with van der Waals surface area (Å²) >= 11 is 21.7. The van der Waals surface area contributed by atoms with Crippen molar-refractivity contribution in [3.8, 4) is 11.5 Å². The number of hydrogen-bond acceptors (Lipinski definition) is 3. The van der Waals surface area contributed by atoms with E-state index in [1.807, 2.05) is 49.4 Å². The molecule has 0 amide bonds. The van der Waals surface area contributed by atoms with Gasteiger partial charge in [-0.05, 0) is 76.4 Å². The fraction of sp³-hybridized carbons (Fsp3) is 0.182. The van der Waals surface area contributed by atoms with Gasteiger partial charge in [-0.3, -0.25) is 0 Å². The largest absolute Gasteiger partial charge is 0.490 e. The normalized spacial score (nSPS) is 10.7. The molecule has 0 saturated carbocycles. The zero-order valence-corrected chi connectivity index (χ0v) is 19.5. The van der Waals surface area contributed by atoms with Crippen molar-refractivity contribution in [2.24, 2.45) is 0 Å². The molecule has 0 bridgehead atoms. The Hall–Kier alpha value is -1.59. The summed E-state index contributed by atoms with van der Waals surface area (Å²) in [7, 11) is 0. The summed E-state index contributed by atoms with van der Waals surface area (Å²) in [6.45, 7) is 3.45. The van der Waals surface area contributed by atoms with E-state index in [-0.39, 0.29) is 0 Å². The lowest BCUT2D eigenvalue weighted by Gasteiger charge is -2.16. The van der Waals surface area contributed by atoms with Gasteiger partial charge < -0.3 is 14.8 Å². The molecule has 3 aromatic rings. The smallest absolute Gasteiger partial charge is 0.175 e. The average molecular weight is 516 g/mol. The van der Waals surface area contributed by atoms with Crippen molar-refractivity contribution in [2.45, 2.75) is 20.1 Å². The Morgan fingerprint density at radius 2 is 1.59 bits per heavy atom. The van der Waals surface area contributed by atoms with Crippen LogP contribution in [0.5, 0.6) is 11.5 Å². The van der Waals surface area contributed by atoms with Crippen LogP contribution in [0.25, 0.3) is 0 Å². The number of rotatable bonds is 8. The van der Waals surface area contributed by atoms with Crippen LogP contribution in [0.3, 0.4) is 0 Å². The van der Waals surface area contributed by atoms with Gasteiger partial charge in [0, 0.05) is 16.6 Å². The molecule has 7 heteroatoms. The zero-order chi connectivity index (χ0) is 20.8. The number of anilines is 1. The van der Waals surface area contributed by atoms with Crippen molar-refractivity contribution in [1.82, 2.24) is 0 Å². The van der Waals surface area contributed by atoms with Crippen LogP contribution in [0.2, 0.25) is 15.1 Å². The summed E-state index contributed by atoms with van der Waals surface area (Å²) in [6, 6.07) is 16.9. The van der Waals surface area contributed by atoms with Gasteiger partial charge >= 0.3 is 0 Å². The summed E-state index contributed by atoms with van der Waals surface area (Å²) in [5.41, 5.74) is 2.85. The van der Waals surface area contributed by atoms with Crippen molar-refractivity contribution in [2.75, 3.05) is 11.9 Å². The maximum absolute atomic E-state index is 6.23. The molecule has 3 nitrogen and oxygen atoms in total. The summed E-state index contributed by atoms with van der Waals surface area (Å²) in [6.07, 6.45) is 0. The summed E-state index contributed by atoms with van der Waals surface area (Å²) in [5.74, 6) is 1.34. The molecule has 3 rings (SSSR count). The molecule has 29 heavy (non-hydrogen) atoms. The van der Waals surface area contributed by atoms with E-state index in [1.165, 1.54) is 0 Å². The minimum Gasteiger partial charge on any atom is -0.490 e. The SMILES string of the molecule is CCOc1cc(CNc2ccc(Cl)cc2Cl)cc(Br)c1OCc1ccc(Cl)cc1. The van der Waals surface area contributed by atoms with Gasteiger partial charge in [0.25, 0.3) is 0 Å². The van der Waals surface area contributed by atoms with Crippen LogP contribution in [-0.2, 0) is 13.2 Å². The molecule has 0 unspecified atom stereocenters. The summed E-state index contributed by atoms with van der Waals surface area (Å²) in [4.78, 5) is 0. The first-order valence-electron chi connectivity index (χ1n) is 8.97. The van der Waals surface area contributed by atoms with E-state index < -0.39 is 0 Å². The lowest BCUT2D eigenvalue weighted by atomic mass is 10.2. The Bertz CT molecular complexity index is 981. The fourth-order valence-corrected chi connectivity index (χ4v) is 3.90. The molecule has 152 valence electrons. The Morgan fingerprint density at radius 1 is 0.862 bits per heavy atom. The Labute approximate surface area is 194 Å². The Kier molecular flexibility index (Phi) is 7.96. The third-order valence-corrected chi connectivity index (χ3v) is 5.47. The van der Waals surface area contributed by atoms with Crippen LogP contribution >= 0.6 is 50.7 Å². The van der Waals surface area contributed by atoms with Crippen molar-refractivity contribution >= 4 is 56.4 Å². The van der Waals surface area contributed by atoms with E-state index in [1.54, 1.807) is 12.1 Å². The lowest BCUT2D eigenvalue weighted by Crippen LogP contribution is -2.04. The lowest BCUT2D eigenvalue weighted by molar-refractivity contribution is 0.267. The molecule has 0 saturated heterocycles. The van der Waals surface area contributed by atoms with Crippen molar-refractivity contribution < 1.29 is 9.47 Å². The zero-order valence-electron chi connectivity index (χ0n) is 15.6. The third kappa shape index (κ3) is 6.19. The van der Waals surface area contributed by atoms with Crippen LogP contribution in [0.15, 0.2) is 59.1 Å². The highest BCUT2D eigenvalue weighted by atomic mass is 79.9. The average Bonchev–Trinajstić information content (AvgIpc) is 2.68. The fourth-order valence-electron chi connectivity index (χ4n) is 2.69. The van der Waals surface area contributed by atoms with Crippen molar-refractivity contribution in [3.05, 3.63) is 85.3 Å². The molecule has 0 spiro atoms. The molecule has 0 heterocycles. The molecule has 0 aromatic heterocycles. The highest BCUT2D eigenvalue weighted by molar-refractivity contribution is 9.10. The van der Waals surface area contributed by atoms with Gasteiger partial charge in [-0.1, -0.05) is 46.9 Å². The highest BCUT2D eigenvalue weighted by Crippen LogP contribution is 2.38. The number of ether oxygens (including phenoxy) is 2. The third-order valence-electron chi connectivity index (χ3n) is 4.08. The number of halogens is 4. The second kappa shape index (κ2) is 10.4. The minimum atomic E-state index is 0.411. The van der Waals surface area contributed by atoms with E-state index in [0.717, 1.165) is 21.3 Å². The van der Waals surface area contributed by atoms with Crippen molar-refractivity contribution in [1.29, 1.82) is 0 Å². The molecular formula is C22H19BrCl3NO2. The number of benzene rings is 3. The van der Waals surface area contributed by atoms with Crippen LogP contribution in [0.1, 0.15) is 18.1 Å². The topological polar surface area (TPSA) is 30.5 Å². The van der Waals surface area contributed by atoms with E-state index in [2.05, 4.69) is 21.2 Å². The molecule has 0 aliphatic heterocycles. The van der Waals surface area contributed by atoms with Crippen molar-refractivity contribution in [3.63, 3.8) is 0 Å². The molecule has 0 aliphatic carbocycles. The van der Waals surface area contributed by atoms with Gasteiger partial charge in [0.1, 0.15) is 6.61 Å². The van der Waals surface area contributed by atoms with Gasteiger partial charge in [-0.25, -0.2) is 0 Å². The van der Waals surface area contributed by atoms with Gasteiger partial charge in [0.15, 0.2) is 11.5 Å². The maximum atomic E-state index is 6.23. The van der Waals surface area contributed by atoms with E-state index >= 15 is 0 Å². The number of nitrogens with one attached hydrogen (secondary N) is 1. The molecule has 3 aromatic carbocycles. The first kappa shape index (κ1) is 22.1. The first-order chi connectivity index (χ1) is 14.0. The molecule has 0 fully saturated rings. The quantitative estimate of drug-likeness (QED) is 0.330. The van der Waals surface area contributed by atoms with Gasteiger partial charge in [-0.15, -0.1) is 0 Å². The van der Waals surface area contributed by atoms with Gasteiger partial charge in [-0.2, -0.15) is 0 Å².